The van der Waals surface area contributed by atoms with Crippen molar-refractivity contribution >= 4 is 11.8 Å². The van der Waals surface area contributed by atoms with Gasteiger partial charge in [0.25, 0.3) is 0 Å². The third-order valence-electron chi connectivity index (χ3n) is 3.22. The van der Waals surface area contributed by atoms with Gasteiger partial charge in [-0.15, -0.1) is 0 Å². The molecule has 1 aromatic rings. The van der Waals surface area contributed by atoms with Crippen molar-refractivity contribution in [3.8, 4) is 0 Å². The highest BCUT2D eigenvalue weighted by Crippen LogP contribution is 2.20. The maximum absolute atomic E-state index is 13.2. The molecule has 1 aromatic heterocycles. The van der Waals surface area contributed by atoms with Crippen molar-refractivity contribution in [3.05, 3.63) is 24.3 Å². The molecule has 1 atom stereocenters. The third kappa shape index (κ3) is 4.88. The van der Waals surface area contributed by atoms with Gasteiger partial charge in [-0.3, -0.25) is 0 Å². The number of anilines is 1. The molecule has 6 heteroatoms. The van der Waals surface area contributed by atoms with Crippen LogP contribution in [-0.2, 0) is 4.74 Å². The fourth-order valence-corrected chi connectivity index (χ4v) is 2.39. The molecule has 1 N–H and O–H groups in total. The molecule has 2 heterocycles. The SMILES string of the molecule is CC(C)(C)OC(=O)N[C@@H]1CCCN(c2ccnc(F)c2)C1. The quantitative estimate of drug-likeness (QED) is 0.852. The summed E-state index contributed by atoms with van der Waals surface area (Å²) in [6, 6.07) is 3.19. The minimum atomic E-state index is -0.507. The van der Waals surface area contributed by atoms with Gasteiger partial charge in [-0.05, 0) is 39.7 Å². The first kappa shape index (κ1) is 15.5. The zero-order valence-corrected chi connectivity index (χ0v) is 12.7. The van der Waals surface area contributed by atoms with Crippen LogP contribution in [0.1, 0.15) is 33.6 Å². The molecule has 0 radical (unpaired) electrons. The smallest absolute Gasteiger partial charge is 0.407 e. The van der Waals surface area contributed by atoms with Gasteiger partial charge in [0.2, 0.25) is 5.95 Å². The average molecular weight is 295 g/mol. The molecule has 0 spiro atoms. The van der Waals surface area contributed by atoms with Crippen LogP contribution in [-0.4, -0.2) is 35.8 Å². The number of ether oxygens (including phenoxy) is 1. The van der Waals surface area contributed by atoms with Crippen molar-refractivity contribution in [2.75, 3.05) is 18.0 Å². The Balaban J connectivity index is 1.93. The summed E-state index contributed by atoms with van der Waals surface area (Å²) in [6.45, 7) is 6.98. The topological polar surface area (TPSA) is 54.5 Å². The summed E-state index contributed by atoms with van der Waals surface area (Å²) in [6.07, 6.45) is 2.87. The Hall–Kier alpha value is -1.85. The predicted octanol–water partition coefficient (Wildman–Crippen LogP) is 2.71. The number of halogens is 1. The van der Waals surface area contributed by atoms with Crippen molar-refractivity contribution in [2.45, 2.75) is 45.3 Å². The second-order valence-corrected chi connectivity index (χ2v) is 6.27. The Morgan fingerprint density at radius 3 is 2.95 bits per heavy atom. The van der Waals surface area contributed by atoms with E-state index in [2.05, 4.69) is 15.2 Å². The zero-order chi connectivity index (χ0) is 15.5. The number of hydrogen-bond donors (Lipinski definition) is 1. The van der Waals surface area contributed by atoms with E-state index in [0.717, 1.165) is 25.1 Å². The molecule has 1 saturated heterocycles. The number of carbonyl (C=O) groups excluding carboxylic acids is 1. The van der Waals surface area contributed by atoms with E-state index in [4.69, 9.17) is 4.74 Å². The first-order valence-corrected chi connectivity index (χ1v) is 7.19. The summed E-state index contributed by atoms with van der Waals surface area (Å²) >= 11 is 0. The Kier molecular flexibility index (Phi) is 4.65. The standard InChI is InChI=1S/C15H22FN3O2/c1-15(2,3)21-14(20)18-11-5-4-8-19(10-11)12-6-7-17-13(16)9-12/h6-7,9,11H,4-5,8,10H2,1-3H3,(H,18,20)/t11-/m1/s1. The van der Waals surface area contributed by atoms with Crippen LogP contribution in [0.4, 0.5) is 14.9 Å². The number of nitrogens with one attached hydrogen (secondary N) is 1. The van der Waals surface area contributed by atoms with Crippen molar-refractivity contribution < 1.29 is 13.9 Å². The molecule has 1 fully saturated rings. The highest BCUT2D eigenvalue weighted by Gasteiger charge is 2.24. The van der Waals surface area contributed by atoms with E-state index in [1.807, 2.05) is 20.8 Å². The van der Waals surface area contributed by atoms with Crippen LogP contribution >= 0.6 is 0 Å². The highest BCUT2D eigenvalue weighted by molar-refractivity contribution is 5.68. The van der Waals surface area contributed by atoms with E-state index in [0.29, 0.717) is 6.54 Å². The van der Waals surface area contributed by atoms with Crippen LogP contribution in [0.15, 0.2) is 18.3 Å². The van der Waals surface area contributed by atoms with Gasteiger partial charge in [0.15, 0.2) is 0 Å². The van der Waals surface area contributed by atoms with E-state index >= 15 is 0 Å². The van der Waals surface area contributed by atoms with Gasteiger partial charge in [0.1, 0.15) is 5.60 Å². The maximum atomic E-state index is 13.2. The zero-order valence-electron chi connectivity index (χ0n) is 12.7. The maximum Gasteiger partial charge on any atom is 0.407 e. The number of alkyl carbamates (subject to hydrolysis) is 1. The Morgan fingerprint density at radius 2 is 2.29 bits per heavy atom. The predicted molar refractivity (Wildman–Crippen MR) is 78.8 cm³/mol. The minimum absolute atomic E-state index is 0.00447. The number of aromatic nitrogens is 1. The normalized spacial score (nSPS) is 19.2. The molecule has 2 rings (SSSR count). The van der Waals surface area contributed by atoms with Gasteiger partial charge in [-0.2, -0.15) is 4.39 Å². The molecule has 0 bridgehead atoms. The van der Waals surface area contributed by atoms with Gasteiger partial charge >= 0.3 is 6.09 Å². The lowest BCUT2D eigenvalue weighted by Crippen LogP contribution is -2.49. The van der Waals surface area contributed by atoms with Gasteiger partial charge in [-0.25, -0.2) is 9.78 Å². The summed E-state index contributed by atoms with van der Waals surface area (Å²) in [7, 11) is 0. The van der Waals surface area contributed by atoms with Crippen molar-refractivity contribution in [1.82, 2.24) is 10.3 Å². The number of piperidine rings is 1. The van der Waals surface area contributed by atoms with Gasteiger partial charge in [-0.1, -0.05) is 0 Å². The van der Waals surface area contributed by atoms with E-state index in [1.165, 1.54) is 12.3 Å². The molecular formula is C15H22FN3O2. The summed E-state index contributed by atoms with van der Waals surface area (Å²) in [5, 5.41) is 2.88. The molecule has 21 heavy (non-hydrogen) atoms. The molecular weight excluding hydrogens is 273 g/mol. The van der Waals surface area contributed by atoms with Gasteiger partial charge in [0, 0.05) is 37.1 Å². The fraction of sp³-hybridized carbons (Fsp3) is 0.600. The first-order chi connectivity index (χ1) is 9.83. The summed E-state index contributed by atoms with van der Waals surface area (Å²) in [5.41, 5.74) is 0.283. The summed E-state index contributed by atoms with van der Waals surface area (Å²) in [4.78, 5) is 17.4. The summed E-state index contributed by atoms with van der Waals surface area (Å²) < 4.78 is 18.4. The van der Waals surface area contributed by atoms with Crippen LogP contribution < -0.4 is 10.2 Å². The largest absolute Gasteiger partial charge is 0.444 e. The minimum Gasteiger partial charge on any atom is -0.444 e. The lowest BCUT2D eigenvalue weighted by atomic mass is 10.1. The lowest BCUT2D eigenvalue weighted by Gasteiger charge is -2.35. The first-order valence-electron chi connectivity index (χ1n) is 7.19. The number of hydrogen-bond acceptors (Lipinski definition) is 4. The molecule has 0 unspecified atom stereocenters. The molecule has 0 aliphatic carbocycles. The molecule has 116 valence electrons. The Morgan fingerprint density at radius 1 is 1.52 bits per heavy atom. The van der Waals surface area contributed by atoms with Crippen LogP contribution in [0, 0.1) is 5.95 Å². The lowest BCUT2D eigenvalue weighted by molar-refractivity contribution is 0.0500. The van der Waals surface area contributed by atoms with E-state index in [1.54, 1.807) is 6.07 Å². The van der Waals surface area contributed by atoms with Crippen molar-refractivity contribution in [2.24, 2.45) is 0 Å². The Labute approximate surface area is 124 Å². The summed E-state index contributed by atoms with van der Waals surface area (Å²) in [5.74, 6) is -0.491. The van der Waals surface area contributed by atoms with Crippen LogP contribution in [0.2, 0.25) is 0 Å². The second-order valence-electron chi connectivity index (χ2n) is 6.27. The van der Waals surface area contributed by atoms with Crippen LogP contribution in [0.5, 0.6) is 0 Å². The van der Waals surface area contributed by atoms with Crippen LogP contribution in [0.25, 0.3) is 0 Å². The Bertz CT molecular complexity index is 502. The molecule has 0 aromatic carbocycles. The fourth-order valence-electron chi connectivity index (χ4n) is 2.39. The monoisotopic (exact) mass is 295 g/mol. The number of carbonyl (C=O) groups is 1. The molecule has 1 aliphatic heterocycles. The number of amides is 1. The van der Waals surface area contributed by atoms with Gasteiger partial charge in [0.05, 0.1) is 0 Å². The number of rotatable bonds is 2. The second kappa shape index (κ2) is 6.28. The van der Waals surface area contributed by atoms with E-state index in [-0.39, 0.29) is 6.04 Å². The van der Waals surface area contributed by atoms with E-state index < -0.39 is 17.6 Å². The highest BCUT2D eigenvalue weighted by atomic mass is 19.1. The molecule has 1 aliphatic rings. The molecule has 5 nitrogen and oxygen atoms in total. The number of nitrogens with zero attached hydrogens (tertiary/aromatic N) is 2. The molecule has 1 amide bonds. The number of pyridine rings is 1. The average Bonchev–Trinajstić information content (AvgIpc) is 2.36. The molecule has 0 saturated carbocycles. The van der Waals surface area contributed by atoms with Crippen molar-refractivity contribution in [1.29, 1.82) is 0 Å². The van der Waals surface area contributed by atoms with Crippen LogP contribution in [0.3, 0.4) is 0 Å². The van der Waals surface area contributed by atoms with Gasteiger partial charge < -0.3 is 15.0 Å². The third-order valence-corrected chi connectivity index (χ3v) is 3.22. The van der Waals surface area contributed by atoms with Crippen molar-refractivity contribution in [3.63, 3.8) is 0 Å². The van der Waals surface area contributed by atoms with E-state index in [9.17, 15) is 9.18 Å².